The van der Waals surface area contributed by atoms with Crippen molar-refractivity contribution in [2.45, 2.75) is 26.9 Å². The Morgan fingerprint density at radius 2 is 2.00 bits per heavy atom. The highest BCUT2D eigenvalue weighted by atomic mass is 16.5. The van der Waals surface area contributed by atoms with Crippen LogP contribution >= 0.6 is 0 Å². The number of rotatable bonds is 2. The van der Waals surface area contributed by atoms with E-state index in [1.165, 1.54) is 0 Å². The van der Waals surface area contributed by atoms with Crippen LogP contribution in [-0.2, 0) is 0 Å². The smallest absolute Gasteiger partial charge is 0.134 e. The van der Waals surface area contributed by atoms with Gasteiger partial charge in [0.1, 0.15) is 17.1 Å². The normalized spacial score (nSPS) is 11.1. The summed E-state index contributed by atoms with van der Waals surface area (Å²) in [6, 6.07) is 7.90. The molecule has 2 aromatic rings. The molecule has 1 heterocycles. The minimum atomic E-state index is 0.209. The van der Waals surface area contributed by atoms with Crippen LogP contribution in [0.2, 0.25) is 0 Å². The van der Waals surface area contributed by atoms with Crippen LogP contribution in [-0.4, -0.2) is 6.10 Å². The van der Waals surface area contributed by atoms with Crippen molar-refractivity contribution in [2.75, 3.05) is 0 Å². The lowest BCUT2D eigenvalue weighted by Gasteiger charge is -2.08. The second-order valence-electron chi connectivity index (χ2n) is 3.72. The van der Waals surface area contributed by atoms with Crippen molar-refractivity contribution < 1.29 is 9.15 Å². The maximum Gasteiger partial charge on any atom is 0.134 e. The average Bonchev–Trinajstić information content (AvgIpc) is 2.42. The molecule has 0 amide bonds. The molecule has 0 bridgehead atoms. The number of aryl methyl sites for hydroxylation is 1. The van der Waals surface area contributed by atoms with E-state index in [0.29, 0.717) is 0 Å². The van der Waals surface area contributed by atoms with E-state index in [0.717, 1.165) is 22.5 Å². The molecule has 2 nitrogen and oxygen atoms in total. The minimum absolute atomic E-state index is 0.209. The van der Waals surface area contributed by atoms with Gasteiger partial charge in [0.05, 0.1) is 6.10 Å². The van der Waals surface area contributed by atoms with Crippen LogP contribution in [0.5, 0.6) is 5.75 Å². The maximum atomic E-state index is 5.59. The zero-order valence-corrected chi connectivity index (χ0v) is 8.70. The summed E-state index contributed by atoms with van der Waals surface area (Å²) >= 11 is 0. The minimum Gasteiger partial charge on any atom is -0.491 e. The molecule has 0 unspecified atom stereocenters. The molecule has 2 heteroatoms. The Bertz CT molecular complexity index is 441. The number of hydrogen-bond acceptors (Lipinski definition) is 2. The molecule has 2 rings (SSSR count). The summed E-state index contributed by atoms with van der Waals surface area (Å²) in [4.78, 5) is 0. The molecule has 74 valence electrons. The molecule has 0 aliphatic rings. The SMILES string of the molecule is Cc1cc2cc(OC(C)C)ccc2o1. The number of benzene rings is 1. The van der Waals surface area contributed by atoms with E-state index < -0.39 is 0 Å². The number of fused-ring (bicyclic) bond motifs is 1. The third-order valence-corrected chi connectivity index (χ3v) is 1.98. The van der Waals surface area contributed by atoms with E-state index >= 15 is 0 Å². The van der Waals surface area contributed by atoms with Gasteiger partial charge in [-0.3, -0.25) is 0 Å². The molecule has 1 aromatic heterocycles. The summed E-state index contributed by atoms with van der Waals surface area (Å²) in [5, 5.41) is 1.10. The Balaban J connectivity index is 2.40. The van der Waals surface area contributed by atoms with Crippen LogP contribution in [0, 0.1) is 6.92 Å². The Labute approximate surface area is 83.5 Å². The summed E-state index contributed by atoms with van der Waals surface area (Å²) in [7, 11) is 0. The largest absolute Gasteiger partial charge is 0.491 e. The van der Waals surface area contributed by atoms with E-state index in [-0.39, 0.29) is 6.10 Å². The van der Waals surface area contributed by atoms with Gasteiger partial charge >= 0.3 is 0 Å². The van der Waals surface area contributed by atoms with Crippen molar-refractivity contribution in [1.82, 2.24) is 0 Å². The molecular weight excluding hydrogens is 176 g/mol. The van der Waals surface area contributed by atoms with Crippen molar-refractivity contribution in [2.24, 2.45) is 0 Å². The van der Waals surface area contributed by atoms with E-state index in [1.54, 1.807) is 0 Å². The molecule has 0 aliphatic carbocycles. The Morgan fingerprint density at radius 3 is 2.71 bits per heavy atom. The molecule has 14 heavy (non-hydrogen) atoms. The zero-order valence-electron chi connectivity index (χ0n) is 8.70. The van der Waals surface area contributed by atoms with Gasteiger partial charge < -0.3 is 9.15 Å². The molecule has 0 atom stereocenters. The molecule has 0 N–H and O–H groups in total. The van der Waals surface area contributed by atoms with Crippen LogP contribution in [0.4, 0.5) is 0 Å². The van der Waals surface area contributed by atoms with Crippen LogP contribution in [0.15, 0.2) is 28.7 Å². The van der Waals surface area contributed by atoms with Gasteiger partial charge in [-0.1, -0.05) is 0 Å². The highest BCUT2D eigenvalue weighted by molar-refractivity contribution is 5.79. The van der Waals surface area contributed by atoms with Crippen molar-refractivity contribution in [3.63, 3.8) is 0 Å². The fourth-order valence-corrected chi connectivity index (χ4v) is 1.50. The van der Waals surface area contributed by atoms with Crippen molar-refractivity contribution in [1.29, 1.82) is 0 Å². The van der Waals surface area contributed by atoms with E-state index in [9.17, 15) is 0 Å². The van der Waals surface area contributed by atoms with Crippen LogP contribution in [0.25, 0.3) is 11.0 Å². The zero-order chi connectivity index (χ0) is 10.1. The lowest BCUT2D eigenvalue weighted by molar-refractivity contribution is 0.242. The fourth-order valence-electron chi connectivity index (χ4n) is 1.50. The molecule has 0 saturated carbocycles. The predicted octanol–water partition coefficient (Wildman–Crippen LogP) is 3.53. The highest BCUT2D eigenvalue weighted by Gasteiger charge is 2.03. The standard InChI is InChI=1S/C12H14O2/c1-8(2)13-11-4-5-12-10(7-11)6-9(3)14-12/h4-8H,1-3H3. The number of hydrogen-bond donors (Lipinski definition) is 0. The maximum absolute atomic E-state index is 5.59. The molecule has 0 saturated heterocycles. The molecule has 1 aromatic carbocycles. The first-order valence-electron chi connectivity index (χ1n) is 4.82. The van der Waals surface area contributed by atoms with Gasteiger partial charge in [0.25, 0.3) is 0 Å². The third kappa shape index (κ3) is 1.74. The number of ether oxygens (including phenoxy) is 1. The molecule has 0 aliphatic heterocycles. The topological polar surface area (TPSA) is 22.4 Å². The summed E-state index contributed by atoms with van der Waals surface area (Å²) in [5.41, 5.74) is 0.915. The molecule has 0 radical (unpaired) electrons. The summed E-state index contributed by atoms with van der Waals surface area (Å²) in [5.74, 6) is 1.83. The van der Waals surface area contributed by atoms with Gasteiger partial charge in [-0.05, 0) is 45.0 Å². The second kappa shape index (κ2) is 3.37. The quantitative estimate of drug-likeness (QED) is 0.722. The first-order valence-corrected chi connectivity index (χ1v) is 4.82. The van der Waals surface area contributed by atoms with Crippen LogP contribution in [0.1, 0.15) is 19.6 Å². The monoisotopic (exact) mass is 190 g/mol. The first kappa shape index (κ1) is 9.13. The van der Waals surface area contributed by atoms with Crippen molar-refractivity contribution >= 4 is 11.0 Å². The van der Waals surface area contributed by atoms with Crippen LogP contribution < -0.4 is 4.74 Å². The highest BCUT2D eigenvalue weighted by Crippen LogP contribution is 2.24. The summed E-state index contributed by atoms with van der Waals surface area (Å²) in [6.07, 6.45) is 0.209. The van der Waals surface area contributed by atoms with Gasteiger partial charge in [-0.2, -0.15) is 0 Å². The summed E-state index contributed by atoms with van der Waals surface area (Å²) < 4.78 is 11.1. The van der Waals surface area contributed by atoms with Crippen molar-refractivity contribution in [3.8, 4) is 5.75 Å². The van der Waals surface area contributed by atoms with Gasteiger partial charge in [-0.15, -0.1) is 0 Å². The van der Waals surface area contributed by atoms with E-state index in [4.69, 9.17) is 9.15 Å². The van der Waals surface area contributed by atoms with Gasteiger partial charge in [-0.25, -0.2) is 0 Å². The van der Waals surface area contributed by atoms with Gasteiger partial charge in [0.15, 0.2) is 0 Å². The number of furan rings is 1. The summed E-state index contributed by atoms with van der Waals surface area (Å²) in [6.45, 7) is 5.98. The Morgan fingerprint density at radius 1 is 1.21 bits per heavy atom. The average molecular weight is 190 g/mol. The van der Waals surface area contributed by atoms with Crippen LogP contribution in [0.3, 0.4) is 0 Å². The molecule has 0 fully saturated rings. The van der Waals surface area contributed by atoms with E-state index in [2.05, 4.69) is 0 Å². The predicted molar refractivity (Wildman–Crippen MR) is 56.7 cm³/mol. The molecule has 0 spiro atoms. The Hall–Kier alpha value is -1.44. The lowest BCUT2D eigenvalue weighted by atomic mass is 10.2. The molecular formula is C12H14O2. The lowest BCUT2D eigenvalue weighted by Crippen LogP contribution is -2.04. The van der Waals surface area contributed by atoms with E-state index in [1.807, 2.05) is 45.0 Å². The van der Waals surface area contributed by atoms with Gasteiger partial charge in [0.2, 0.25) is 0 Å². The second-order valence-corrected chi connectivity index (χ2v) is 3.72. The third-order valence-electron chi connectivity index (χ3n) is 1.98. The first-order chi connectivity index (χ1) is 6.65. The Kier molecular flexibility index (Phi) is 2.20. The fraction of sp³-hybridized carbons (Fsp3) is 0.333. The van der Waals surface area contributed by atoms with Gasteiger partial charge in [0, 0.05) is 5.39 Å². The van der Waals surface area contributed by atoms with Crippen molar-refractivity contribution in [3.05, 3.63) is 30.0 Å².